The fourth-order valence-electron chi connectivity index (χ4n) is 4.03. The predicted molar refractivity (Wildman–Crippen MR) is 88.1 cm³/mol. The van der Waals surface area contributed by atoms with Gasteiger partial charge in [0.15, 0.2) is 0 Å². The summed E-state index contributed by atoms with van der Waals surface area (Å²) in [5.41, 5.74) is 5.44. The number of nitrogens with one attached hydrogen (secondary N) is 1. The minimum absolute atomic E-state index is 0.00383. The molecule has 3 saturated heterocycles. The summed E-state index contributed by atoms with van der Waals surface area (Å²) < 4.78 is 0. The lowest BCUT2D eigenvalue weighted by molar-refractivity contribution is -0.142. The van der Waals surface area contributed by atoms with Crippen LogP contribution < -0.4 is 11.1 Å². The monoisotopic (exact) mass is 337 g/mol. The van der Waals surface area contributed by atoms with Gasteiger partial charge in [-0.1, -0.05) is 0 Å². The average Bonchev–Trinajstić information content (AvgIpc) is 3.01. The number of nitrogens with zero attached hydrogens (tertiary/aromatic N) is 3. The molecular formula is C16H27N5O3. The number of carbonyl (C=O) groups excluding carboxylic acids is 3. The number of hydrogen-bond acceptors (Lipinski definition) is 4. The highest BCUT2D eigenvalue weighted by atomic mass is 16.2. The van der Waals surface area contributed by atoms with Crippen molar-refractivity contribution in [2.45, 2.75) is 44.2 Å². The second-order valence-electron chi connectivity index (χ2n) is 6.93. The first-order chi connectivity index (χ1) is 11.6. The van der Waals surface area contributed by atoms with Gasteiger partial charge >= 0.3 is 6.03 Å². The van der Waals surface area contributed by atoms with Crippen LogP contribution in [0.25, 0.3) is 0 Å². The molecule has 0 radical (unpaired) electrons. The fraction of sp³-hybridized carbons (Fsp3) is 0.812. The predicted octanol–water partition coefficient (Wildman–Crippen LogP) is -0.658. The molecule has 3 N–H and O–H groups in total. The van der Waals surface area contributed by atoms with E-state index in [2.05, 4.69) is 10.2 Å². The van der Waals surface area contributed by atoms with Gasteiger partial charge in [0.2, 0.25) is 11.8 Å². The molecule has 3 aliphatic rings. The molecule has 0 aromatic rings. The van der Waals surface area contributed by atoms with Crippen LogP contribution in [0, 0.1) is 0 Å². The number of amides is 4. The molecule has 8 heteroatoms. The van der Waals surface area contributed by atoms with E-state index in [1.807, 2.05) is 4.90 Å². The highest BCUT2D eigenvalue weighted by Gasteiger charge is 2.34. The van der Waals surface area contributed by atoms with Gasteiger partial charge in [0, 0.05) is 38.8 Å². The maximum atomic E-state index is 12.6. The lowest BCUT2D eigenvalue weighted by Gasteiger charge is -2.38. The van der Waals surface area contributed by atoms with Gasteiger partial charge in [-0.15, -0.1) is 0 Å². The third-order valence-corrected chi connectivity index (χ3v) is 5.40. The summed E-state index contributed by atoms with van der Waals surface area (Å²) in [6.45, 7) is 4.06. The Labute approximate surface area is 142 Å². The Balaban J connectivity index is 1.49. The van der Waals surface area contributed by atoms with Crippen molar-refractivity contribution in [1.29, 1.82) is 0 Å². The van der Waals surface area contributed by atoms with Crippen molar-refractivity contribution in [2.75, 3.05) is 39.3 Å². The van der Waals surface area contributed by atoms with Crippen LogP contribution in [0.3, 0.4) is 0 Å². The normalized spacial score (nSPS) is 26.5. The Morgan fingerprint density at radius 1 is 1.08 bits per heavy atom. The van der Waals surface area contributed by atoms with Crippen LogP contribution >= 0.6 is 0 Å². The topological polar surface area (TPSA) is 99.0 Å². The van der Waals surface area contributed by atoms with Gasteiger partial charge in [0.25, 0.3) is 0 Å². The second kappa shape index (κ2) is 7.38. The maximum Gasteiger partial charge on any atom is 0.317 e. The number of piperidine rings is 2. The quantitative estimate of drug-likeness (QED) is 0.711. The van der Waals surface area contributed by atoms with Crippen LogP contribution in [0.2, 0.25) is 0 Å². The Bertz CT molecular complexity index is 504. The molecule has 3 heterocycles. The summed E-state index contributed by atoms with van der Waals surface area (Å²) in [6, 6.07) is -0.147. The number of nitrogens with two attached hydrogens (primary N) is 1. The highest BCUT2D eigenvalue weighted by molar-refractivity contribution is 5.87. The summed E-state index contributed by atoms with van der Waals surface area (Å²) in [5, 5.41) is 2.84. The smallest absolute Gasteiger partial charge is 0.317 e. The van der Waals surface area contributed by atoms with E-state index in [0.717, 1.165) is 51.9 Å². The van der Waals surface area contributed by atoms with Crippen LogP contribution in [0.4, 0.5) is 4.79 Å². The van der Waals surface area contributed by atoms with Crippen LogP contribution in [-0.2, 0) is 9.59 Å². The van der Waals surface area contributed by atoms with Crippen molar-refractivity contribution < 1.29 is 14.4 Å². The first kappa shape index (κ1) is 17.0. The third kappa shape index (κ3) is 3.63. The summed E-state index contributed by atoms with van der Waals surface area (Å²) in [6.07, 6.45) is 4.33. The van der Waals surface area contributed by atoms with E-state index < -0.39 is 11.9 Å². The number of hydrogen-bond donors (Lipinski definition) is 2. The minimum atomic E-state index is -0.447. The molecule has 0 bridgehead atoms. The lowest BCUT2D eigenvalue weighted by Crippen LogP contribution is -2.54. The molecule has 0 aromatic heterocycles. The number of likely N-dealkylation sites (tertiary alicyclic amines) is 2. The lowest BCUT2D eigenvalue weighted by atomic mass is 10.0. The summed E-state index contributed by atoms with van der Waals surface area (Å²) in [7, 11) is 0. The Kier molecular flexibility index (Phi) is 5.23. The molecule has 24 heavy (non-hydrogen) atoms. The van der Waals surface area contributed by atoms with Crippen molar-refractivity contribution in [3.8, 4) is 0 Å². The molecule has 0 saturated carbocycles. The van der Waals surface area contributed by atoms with E-state index in [1.165, 1.54) is 0 Å². The van der Waals surface area contributed by atoms with Crippen LogP contribution in [0.5, 0.6) is 0 Å². The summed E-state index contributed by atoms with van der Waals surface area (Å²) >= 11 is 0. The molecule has 0 spiro atoms. The highest BCUT2D eigenvalue weighted by Crippen LogP contribution is 2.20. The number of urea groups is 1. The molecule has 3 fully saturated rings. The molecular weight excluding hydrogens is 310 g/mol. The van der Waals surface area contributed by atoms with Crippen molar-refractivity contribution in [3.63, 3.8) is 0 Å². The molecule has 4 amide bonds. The maximum absolute atomic E-state index is 12.6. The average molecular weight is 337 g/mol. The molecule has 0 aliphatic carbocycles. The van der Waals surface area contributed by atoms with Crippen LogP contribution in [0.1, 0.15) is 32.1 Å². The van der Waals surface area contributed by atoms with Gasteiger partial charge in [0.1, 0.15) is 6.04 Å². The zero-order valence-corrected chi connectivity index (χ0v) is 14.1. The van der Waals surface area contributed by atoms with Crippen LogP contribution in [0.15, 0.2) is 0 Å². The van der Waals surface area contributed by atoms with Gasteiger partial charge in [-0.2, -0.15) is 0 Å². The first-order valence-corrected chi connectivity index (χ1v) is 8.92. The van der Waals surface area contributed by atoms with Crippen molar-refractivity contribution in [3.05, 3.63) is 0 Å². The standard InChI is InChI=1S/C16H27N5O3/c17-15(23)13-3-1-2-7-21(13)14(22)11-19-8-4-12(5-9-19)20-10-6-18-16(20)24/h12-13H,1-11H2,(H2,17,23)(H,18,24). The SMILES string of the molecule is NC(=O)C1CCCCN1C(=O)CN1CCC(N2CCNC2=O)CC1. The number of carbonyl (C=O) groups is 3. The van der Waals surface area contributed by atoms with Gasteiger partial charge in [-0.3, -0.25) is 14.5 Å². The van der Waals surface area contributed by atoms with Crippen molar-refractivity contribution in [2.24, 2.45) is 5.73 Å². The fourth-order valence-corrected chi connectivity index (χ4v) is 4.03. The second-order valence-corrected chi connectivity index (χ2v) is 6.93. The molecule has 1 atom stereocenters. The van der Waals surface area contributed by atoms with E-state index in [0.29, 0.717) is 19.5 Å². The zero-order chi connectivity index (χ0) is 17.1. The van der Waals surface area contributed by atoms with E-state index in [4.69, 9.17) is 5.73 Å². The Morgan fingerprint density at radius 3 is 2.46 bits per heavy atom. The number of rotatable bonds is 4. The van der Waals surface area contributed by atoms with Crippen molar-refractivity contribution >= 4 is 17.8 Å². The van der Waals surface area contributed by atoms with Gasteiger partial charge in [-0.05, 0) is 32.1 Å². The minimum Gasteiger partial charge on any atom is -0.368 e. The summed E-state index contributed by atoms with van der Waals surface area (Å²) in [5.74, 6) is -0.405. The zero-order valence-electron chi connectivity index (χ0n) is 14.1. The summed E-state index contributed by atoms with van der Waals surface area (Å²) in [4.78, 5) is 41.6. The van der Waals surface area contributed by atoms with Gasteiger partial charge in [-0.25, -0.2) is 4.79 Å². The molecule has 134 valence electrons. The Morgan fingerprint density at radius 2 is 1.83 bits per heavy atom. The van der Waals surface area contributed by atoms with Gasteiger partial charge in [0.05, 0.1) is 6.54 Å². The molecule has 3 rings (SSSR count). The molecule has 1 unspecified atom stereocenters. The molecule has 8 nitrogen and oxygen atoms in total. The van der Waals surface area contributed by atoms with Crippen LogP contribution in [-0.4, -0.2) is 83.9 Å². The Hall–Kier alpha value is -1.83. The van der Waals surface area contributed by atoms with E-state index >= 15 is 0 Å². The molecule has 3 aliphatic heterocycles. The van der Waals surface area contributed by atoms with E-state index in [-0.39, 0.29) is 18.0 Å². The first-order valence-electron chi connectivity index (χ1n) is 8.92. The van der Waals surface area contributed by atoms with E-state index in [1.54, 1.807) is 4.90 Å². The number of primary amides is 1. The van der Waals surface area contributed by atoms with Crippen molar-refractivity contribution in [1.82, 2.24) is 20.0 Å². The van der Waals surface area contributed by atoms with E-state index in [9.17, 15) is 14.4 Å². The van der Waals surface area contributed by atoms with Gasteiger partial charge < -0.3 is 20.9 Å². The third-order valence-electron chi connectivity index (χ3n) is 5.40. The largest absolute Gasteiger partial charge is 0.368 e. The molecule has 0 aromatic carbocycles.